The summed E-state index contributed by atoms with van der Waals surface area (Å²) in [6.45, 7) is 1.55. The van der Waals surface area contributed by atoms with Gasteiger partial charge in [-0.15, -0.1) is 0 Å². The van der Waals surface area contributed by atoms with E-state index < -0.39 is 10.7 Å². The van der Waals surface area contributed by atoms with Crippen molar-refractivity contribution < 1.29 is 14.5 Å². The van der Waals surface area contributed by atoms with Crippen molar-refractivity contribution in [2.75, 3.05) is 5.32 Å². The fourth-order valence-electron chi connectivity index (χ4n) is 2.66. The summed E-state index contributed by atoms with van der Waals surface area (Å²) in [5.74, 6) is -0.251. The second-order valence-electron chi connectivity index (χ2n) is 5.39. The topological polar surface area (TPSA) is 115 Å². The number of carbonyl (C=O) groups excluding carboxylic acids is 2. The van der Waals surface area contributed by atoms with E-state index in [2.05, 4.69) is 15.3 Å². The van der Waals surface area contributed by atoms with Gasteiger partial charge < -0.3 is 5.32 Å². The van der Waals surface area contributed by atoms with Gasteiger partial charge in [-0.05, 0) is 19.8 Å². The van der Waals surface area contributed by atoms with E-state index in [9.17, 15) is 19.7 Å². The van der Waals surface area contributed by atoms with Gasteiger partial charge in [0, 0.05) is 18.9 Å². The predicted molar refractivity (Wildman–Crippen MR) is 78.7 cm³/mol. The predicted octanol–water partition coefficient (Wildman–Crippen LogP) is 1.75. The monoisotopic (exact) mass is 306 g/mol. The van der Waals surface area contributed by atoms with Gasteiger partial charge in [-0.3, -0.25) is 19.7 Å². The molecule has 1 aromatic rings. The van der Waals surface area contributed by atoms with Crippen molar-refractivity contribution in [1.82, 2.24) is 9.97 Å². The fraction of sp³-hybridized carbons (Fsp3) is 0.571. The first kappa shape index (κ1) is 16.0. The summed E-state index contributed by atoms with van der Waals surface area (Å²) in [5, 5.41) is 14.4. The van der Waals surface area contributed by atoms with E-state index in [1.807, 2.05) is 0 Å². The second kappa shape index (κ2) is 7.06. The lowest BCUT2D eigenvalue weighted by Gasteiger charge is -2.13. The molecule has 1 fully saturated rings. The van der Waals surface area contributed by atoms with Crippen molar-refractivity contribution in [1.29, 1.82) is 0 Å². The number of aldehydes is 1. The highest BCUT2D eigenvalue weighted by molar-refractivity contribution is 6.24. The molecule has 0 saturated heterocycles. The highest BCUT2D eigenvalue weighted by atomic mass is 16.6. The number of aryl methyl sites for hydroxylation is 2. The molecule has 0 amide bonds. The van der Waals surface area contributed by atoms with Gasteiger partial charge in [0.05, 0.1) is 4.92 Å². The molecule has 8 heteroatoms. The smallest absolute Gasteiger partial charge is 0.311 e. The van der Waals surface area contributed by atoms with Crippen molar-refractivity contribution >= 4 is 23.7 Å². The summed E-state index contributed by atoms with van der Waals surface area (Å²) in [4.78, 5) is 40.5. The molecule has 1 saturated carbocycles. The minimum Gasteiger partial charge on any atom is -0.351 e. The average molecular weight is 306 g/mol. The lowest BCUT2D eigenvalue weighted by atomic mass is 10.1. The van der Waals surface area contributed by atoms with Crippen LogP contribution >= 0.6 is 0 Å². The maximum atomic E-state index is 11.2. The number of nitrogens with one attached hydrogen (secondary N) is 1. The molecule has 1 aliphatic carbocycles. The lowest BCUT2D eigenvalue weighted by Crippen LogP contribution is -2.18. The Morgan fingerprint density at radius 2 is 2.09 bits per heavy atom. The van der Waals surface area contributed by atoms with E-state index >= 15 is 0 Å². The van der Waals surface area contributed by atoms with Crippen molar-refractivity contribution in [3.63, 3.8) is 0 Å². The molecule has 0 aromatic carbocycles. The van der Waals surface area contributed by atoms with Gasteiger partial charge in [0.25, 0.3) is 0 Å². The van der Waals surface area contributed by atoms with Gasteiger partial charge in [-0.1, -0.05) is 12.8 Å². The van der Waals surface area contributed by atoms with Gasteiger partial charge in [0.2, 0.25) is 5.95 Å². The Hall–Kier alpha value is -2.38. The quantitative estimate of drug-likeness (QED) is 0.353. The van der Waals surface area contributed by atoms with Crippen LogP contribution in [0.1, 0.15) is 43.5 Å². The van der Waals surface area contributed by atoms with Crippen LogP contribution in [0.5, 0.6) is 0 Å². The molecular weight excluding hydrogens is 288 g/mol. The number of aromatic nitrogens is 2. The second-order valence-corrected chi connectivity index (χ2v) is 5.39. The summed E-state index contributed by atoms with van der Waals surface area (Å²) >= 11 is 0. The Bertz CT molecular complexity index is 597. The normalized spacial score (nSPS) is 14.8. The molecule has 1 aromatic heterocycles. The summed E-state index contributed by atoms with van der Waals surface area (Å²) in [5.41, 5.74) is 0.262. The number of nitro groups is 1. The Balaban J connectivity index is 2.25. The van der Waals surface area contributed by atoms with Crippen molar-refractivity contribution in [3.05, 3.63) is 21.5 Å². The first-order chi connectivity index (χ1) is 10.5. The third-order valence-electron chi connectivity index (χ3n) is 3.74. The van der Waals surface area contributed by atoms with Gasteiger partial charge in [0.15, 0.2) is 12.1 Å². The Morgan fingerprint density at radius 1 is 1.41 bits per heavy atom. The highest BCUT2D eigenvalue weighted by Gasteiger charge is 2.24. The number of anilines is 1. The largest absolute Gasteiger partial charge is 0.351 e. The van der Waals surface area contributed by atoms with Crippen LogP contribution in [-0.2, 0) is 16.0 Å². The summed E-state index contributed by atoms with van der Waals surface area (Å²) in [7, 11) is 0. The molecule has 118 valence electrons. The zero-order valence-electron chi connectivity index (χ0n) is 12.4. The minimum absolute atomic E-state index is 0.0522. The Labute approximate surface area is 127 Å². The van der Waals surface area contributed by atoms with Gasteiger partial charge in [0.1, 0.15) is 11.4 Å². The number of carbonyl (C=O) groups is 2. The SMILES string of the molecule is Cc1nc(NC2CCCC2)nc(CCC(=O)C=O)c1[N+](=O)[O-]. The number of nitrogens with zero attached hydrogens (tertiary/aromatic N) is 3. The maximum Gasteiger partial charge on any atom is 0.311 e. The molecule has 8 nitrogen and oxygen atoms in total. The van der Waals surface area contributed by atoms with Gasteiger partial charge in [-0.25, -0.2) is 9.97 Å². The van der Waals surface area contributed by atoms with Crippen LogP contribution in [-0.4, -0.2) is 33.0 Å². The lowest BCUT2D eigenvalue weighted by molar-refractivity contribution is -0.386. The van der Waals surface area contributed by atoms with E-state index in [4.69, 9.17) is 0 Å². The van der Waals surface area contributed by atoms with Crippen molar-refractivity contribution in [2.45, 2.75) is 51.5 Å². The highest BCUT2D eigenvalue weighted by Crippen LogP contribution is 2.25. The van der Waals surface area contributed by atoms with Crippen LogP contribution in [0.2, 0.25) is 0 Å². The number of rotatable bonds is 7. The van der Waals surface area contributed by atoms with E-state index in [-0.39, 0.29) is 42.2 Å². The van der Waals surface area contributed by atoms with E-state index in [1.54, 1.807) is 6.92 Å². The van der Waals surface area contributed by atoms with Crippen LogP contribution in [0.25, 0.3) is 0 Å². The van der Waals surface area contributed by atoms with E-state index in [1.165, 1.54) is 0 Å². The van der Waals surface area contributed by atoms with Crippen LogP contribution < -0.4 is 5.32 Å². The summed E-state index contributed by atoms with van der Waals surface area (Å²) in [6, 6.07) is 0.283. The molecule has 22 heavy (non-hydrogen) atoms. The fourth-order valence-corrected chi connectivity index (χ4v) is 2.66. The first-order valence-electron chi connectivity index (χ1n) is 7.27. The number of ketones is 1. The number of Topliss-reactive ketones (excluding diaryl/α,β-unsaturated/α-hetero) is 1. The van der Waals surface area contributed by atoms with Crippen LogP contribution in [0, 0.1) is 17.0 Å². The van der Waals surface area contributed by atoms with Crippen molar-refractivity contribution in [3.8, 4) is 0 Å². The van der Waals surface area contributed by atoms with Crippen LogP contribution in [0.15, 0.2) is 0 Å². The molecule has 0 atom stereocenters. The summed E-state index contributed by atoms with van der Waals surface area (Å²) in [6.07, 6.45) is 4.52. The zero-order chi connectivity index (χ0) is 16.1. The molecule has 1 heterocycles. The molecule has 1 N–H and O–H groups in total. The van der Waals surface area contributed by atoms with Crippen molar-refractivity contribution in [2.24, 2.45) is 0 Å². The third kappa shape index (κ3) is 3.84. The van der Waals surface area contributed by atoms with Gasteiger partial charge >= 0.3 is 5.69 Å². The van der Waals surface area contributed by atoms with Crippen LogP contribution in [0.4, 0.5) is 11.6 Å². The van der Waals surface area contributed by atoms with Crippen LogP contribution in [0.3, 0.4) is 0 Å². The first-order valence-corrected chi connectivity index (χ1v) is 7.27. The third-order valence-corrected chi connectivity index (χ3v) is 3.74. The maximum absolute atomic E-state index is 11.2. The molecule has 0 bridgehead atoms. The molecule has 0 aliphatic heterocycles. The number of hydrogen-bond acceptors (Lipinski definition) is 7. The zero-order valence-corrected chi connectivity index (χ0v) is 12.4. The van der Waals surface area contributed by atoms with E-state index in [0.717, 1.165) is 25.7 Å². The minimum atomic E-state index is -0.601. The molecule has 2 rings (SSSR count). The molecular formula is C14H18N4O4. The van der Waals surface area contributed by atoms with Gasteiger partial charge in [-0.2, -0.15) is 0 Å². The molecule has 0 spiro atoms. The Kier molecular flexibility index (Phi) is 5.13. The molecule has 1 aliphatic rings. The Morgan fingerprint density at radius 3 is 2.68 bits per heavy atom. The van der Waals surface area contributed by atoms with E-state index in [0.29, 0.717) is 5.95 Å². The molecule has 0 radical (unpaired) electrons. The molecule has 0 unspecified atom stereocenters. The average Bonchev–Trinajstić information content (AvgIpc) is 2.96. The standard InChI is InChI=1S/C14H18N4O4/c1-9-13(18(21)22)12(7-6-11(20)8-19)17-14(15-9)16-10-4-2-3-5-10/h8,10H,2-7H2,1H3,(H,15,16,17). The number of hydrogen-bond donors (Lipinski definition) is 1. The summed E-state index contributed by atoms with van der Waals surface area (Å²) < 4.78 is 0.